The molecule has 194 valence electrons. The molecule has 0 amide bonds. The largest absolute Gasteiger partial charge is 0.497 e. The number of methoxy groups -OCH3 is 1. The highest BCUT2D eigenvalue weighted by molar-refractivity contribution is 7.89. The van der Waals surface area contributed by atoms with E-state index in [1.54, 1.807) is 68.6 Å². The van der Waals surface area contributed by atoms with Gasteiger partial charge in [0.05, 0.1) is 34.6 Å². The lowest BCUT2D eigenvalue weighted by molar-refractivity contribution is 0.379. The Hall–Kier alpha value is -3.20. The van der Waals surface area contributed by atoms with E-state index in [9.17, 15) is 13.2 Å². The highest BCUT2D eigenvalue weighted by atomic mass is 35.5. The van der Waals surface area contributed by atoms with Crippen LogP contribution in [0.25, 0.3) is 16.6 Å². The summed E-state index contributed by atoms with van der Waals surface area (Å²) in [5.41, 5.74) is 1.53. The van der Waals surface area contributed by atoms with Crippen molar-refractivity contribution in [3.8, 4) is 11.4 Å². The van der Waals surface area contributed by atoms with Crippen LogP contribution in [0.2, 0.25) is 5.02 Å². The lowest BCUT2D eigenvalue weighted by atomic mass is 9.87. The Labute approximate surface area is 222 Å². The SMILES string of the molecule is COc1ccc(-n2c(C(C)N(C)S(=O)(=O)c3ccc(C(C)(C)C)cc3)nc3cc(Cl)ccc3c2=O)cc1. The second-order valence-electron chi connectivity index (χ2n) is 9.94. The summed E-state index contributed by atoms with van der Waals surface area (Å²) in [4.78, 5) is 18.6. The number of rotatable bonds is 6. The van der Waals surface area contributed by atoms with Gasteiger partial charge in [-0.2, -0.15) is 4.31 Å². The van der Waals surface area contributed by atoms with E-state index >= 15 is 0 Å². The van der Waals surface area contributed by atoms with E-state index < -0.39 is 16.1 Å². The van der Waals surface area contributed by atoms with Gasteiger partial charge in [0.15, 0.2) is 0 Å². The Kier molecular flexibility index (Phi) is 7.21. The number of hydrogen-bond donors (Lipinski definition) is 0. The van der Waals surface area contributed by atoms with Gasteiger partial charge in [0.1, 0.15) is 11.6 Å². The summed E-state index contributed by atoms with van der Waals surface area (Å²) in [6, 6.07) is 17.9. The number of sulfonamides is 1. The maximum absolute atomic E-state index is 13.7. The molecule has 0 saturated heterocycles. The molecule has 7 nitrogen and oxygen atoms in total. The number of ether oxygens (including phenoxy) is 1. The summed E-state index contributed by atoms with van der Waals surface area (Å²) in [6.45, 7) is 7.92. The molecular weight excluding hydrogens is 510 g/mol. The van der Waals surface area contributed by atoms with Crippen molar-refractivity contribution in [1.82, 2.24) is 13.9 Å². The van der Waals surface area contributed by atoms with Gasteiger partial charge in [-0.25, -0.2) is 13.4 Å². The molecule has 0 N–H and O–H groups in total. The van der Waals surface area contributed by atoms with Crippen molar-refractivity contribution in [2.45, 2.75) is 44.0 Å². The zero-order chi connectivity index (χ0) is 27.1. The molecule has 1 unspecified atom stereocenters. The second kappa shape index (κ2) is 9.93. The molecule has 3 aromatic carbocycles. The lowest BCUT2D eigenvalue weighted by Gasteiger charge is -2.27. The van der Waals surface area contributed by atoms with Crippen LogP contribution in [0.4, 0.5) is 0 Å². The van der Waals surface area contributed by atoms with Crippen LogP contribution in [0.15, 0.2) is 76.4 Å². The van der Waals surface area contributed by atoms with Crippen molar-refractivity contribution < 1.29 is 13.2 Å². The molecule has 0 aliphatic rings. The Morgan fingerprint density at radius 1 is 1.00 bits per heavy atom. The molecule has 1 atom stereocenters. The van der Waals surface area contributed by atoms with E-state index in [4.69, 9.17) is 21.3 Å². The Balaban J connectivity index is 1.86. The Morgan fingerprint density at radius 3 is 2.19 bits per heavy atom. The van der Waals surface area contributed by atoms with Crippen LogP contribution in [0, 0.1) is 0 Å². The molecule has 0 saturated carbocycles. The summed E-state index contributed by atoms with van der Waals surface area (Å²) in [6.07, 6.45) is 0. The molecule has 1 aromatic heterocycles. The summed E-state index contributed by atoms with van der Waals surface area (Å²) in [7, 11) is -0.851. The summed E-state index contributed by atoms with van der Waals surface area (Å²) < 4.78 is 35.2. The lowest BCUT2D eigenvalue weighted by Crippen LogP contribution is -2.35. The van der Waals surface area contributed by atoms with Crippen LogP contribution in [-0.4, -0.2) is 36.4 Å². The fourth-order valence-corrected chi connectivity index (χ4v) is 5.59. The molecule has 0 aliphatic carbocycles. The molecular formula is C28H30ClN3O4S. The third-order valence-electron chi connectivity index (χ3n) is 6.50. The Bertz CT molecular complexity index is 1610. The van der Waals surface area contributed by atoms with E-state index in [2.05, 4.69) is 20.8 Å². The first-order valence-corrected chi connectivity index (χ1v) is 13.6. The van der Waals surface area contributed by atoms with Crippen molar-refractivity contribution >= 4 is 32.5 Å². The number of halogens is 1. The van der Waals surface area contributed by atoms with Gasteiger partial charge in [0.25, 0.3) is 5.56 Å². The van der Waals surface area contributed by atoms with E-state index in [1.165, 1.54) is 15.9 Å². The van der Waals surface area contributed by atoms with Crippen LogP contribution < -0.4 is 10.3 Å². The monoisotopic (exact) mass is 539 g/mol. The normalized spacial score (nSPS) is 13.2. The zero-order valence-corrected chi connectivity index (χ0v) is 23.3. The molecule has 0 fully saturated rings. The second-order valence-corrected chi connectivity index (χ2v) is 12.4. The average Bonchev–Trinajstić information content (AvgIpc) is 2.87. The van der Waals surface area contributed by atoms with Gasteiger partial charge in [0.2, 0.25) is 10.0 Å². The molecule has 0 radical (unpaired) electrons. The van der Waals surface area contributed by atoms with E-state index in [0.29, 0.717) is 27.4 Å². The topological polar surface area (TPSA) is 81.5 Å². The highest BCUT2D eigenvalue weighted by Gasteiger charge is 2.30. The van der Waals surface area contributed by atoms with E-state index in [1.807, 2.05) is 12.1 Å². The van der Waals surface area contributed by atoms with Gasteiger partial charge in [-0.15, -0.1) is 0 Å². The minimum atomic E-state index is -3.90. The third kappa shape index (κ3) is 5.14. The standard InChI is InChI=1S/C28H30ClN3O4S/c1-18(31(5)37(34,35)23-14-7-19(8-15-23)28(2,3)4)26-30-25-17-20(29)9-16-24(25)27(33)32(26)21-10-12-22(36-6)13-11-21/h7-18H,1-6H3. The number of aromatic nitrogens is 2. The number of nitrogens with zero attached hydrogens (tertiary/aromatic N) is 3. The van der Waals surface area contributed by atoms with Crippen LogP contribution in [0.1, 0.15) is 45.1 Å². The molecule has 4 aromatic rings. The maximum atomic E-state index is 13.7. The van der Waals surface area contributed by atoms with Crippen LogP contribution in [0.5, 0.6) is 5.75 Å². The van der Waals surface area contributed by atoms with Crippen LogP contribution in [-0.2, 0) is 15.4 Å². The first-order chi connectivity index (χ1) is 17.3. The number of hydrogen-bond acceptors (Lipinski definition) is 5. The summed E-state index contributed by atoms with van der Waals surface area (Å²) >= 11 is 6.18. The van der Waals surface area contributed by atoms with Gasteiger partial charge < -0.3 is 4.74 Å². The third-order valence-corrected chi connectivity index (χ3v) is 8.68. The van der Waals surface area contributed by atoms with Gasteiger partial charge in [-0.05, 0) is 72.5 Å². The van der Waals surface area contributed by atoms with Gasteiger partial charge in [-0.3, -0.25) is 9.36 Å². The van der Waals surface area contributed by atoms with Crippen molar-refractivity contribution in [2.75, 3.05) is 14.2 Å². The molecule has 37 heavy (non-hydrogen) atoms. The fourth-order valence-electron chi connectivity index (χ4n) is 4.10. The summed E-state index contributed by atoms with van der Waals surface area (Å²) in [5, 5.41) is 0.805. The van der Waals surface area contributed by atoms with Gasteiger partial charge in [-0.1, -0.05) is 44.5 Å². The molecule has 0 bridgehead atoms. The van der Waals surface area contributed by atoms with E-state index in [-0.39, 0.29) is 21.7 Å². The van der Waals surface area contributed by atoms with Crippen molar-refractivity contribution in [2.24, 2.45) is 0 Å². The van der Waals surface area contributed by atoms with Crippen LogP contribution in [0.3, 0.4) is 0 Å². The first kappa shape index (κ1) is 26.9. The molecule has 9 heteroatoms. The van der Waals surface area contributed by atoms with Gasteiger partial charge >= 0.3 is 0 Å². The summed E-state index contributed by atoms with van der Waals surface area (Å²) in [5.74, 6) is 0.896. The molecule has 1 heterocycles. The molecule has 0 spiro atoms. The Morgan fingerprint density at radius 2 is 1.62 bits per heavy atom. The highest BCUT2D eigenvalue weighted by Crippen LogP contribution is 2.29. The minimum absolute atomic E-state index is 0.105. The first-order valence-electron chi connectivity index (χ1n) is 11.8. The van der Waals surface area contributed by atoms with Crippen molar-refractivity contribution in [3.05, 3.63) is 93.5 Å². The molecule has 0 aliphatic heterocycles. The van der Waals surface area contributed by atoms with E-state index in [0.717, 1.165) is 5.56 Å². The van der Waals surface area contributed by atoms with Gasteiger partial charge in [0, 0.05) is 12.1 Å². The zero-order valence-electron chi connectivity index (χ0n) is 21.7. The van der Waals surface area contributed by atoms with Crippen molar-refractivity contribution in [1.29, 1.82) is 0 Å². The van der Waals surface area contributed by atoms with Crippen molar-refractivity contribution in [3.63, 3.8) is 0 Å². The predicted molar refractivity (Wildman–Crippen MR) is 147 cm³/mol. The quantitative estimate of drug-likeness (QED) is 0.313. The smallest absolute Gasteiger partial charge is 0.266 e. The fraction of sp³-hybridized carbons (Fsp3) is 0.286. The molecule has 4 rings (SSSR count). The maximum Gasteiger partial charge on any atom is 0.266 e. The predicted octanol–water partition coefficient (Wildman–Crippen LogP) is 5.73. The number of benzene rings is 3. The minimum Gasteiger partial charge on any atom is -0.497 e. The number of fused-ring (bicyclic) bond motifs is 1. The average molecular weight is 540 g/mol. The van der Waals surface area contributed by atoms with Crippen LogP contribution >= 0.6 is 11.6 Å².